The molecule has 86 valence electrons. The highest BCUT2D eigenvalue weighted by Crippen LogP contribution is 2.32. The van der Waals surface area contributed by atoms with Gasteiger partial charge in [0.15, 0.2) is 0 Å². The third kappa shape index (κ3) is 2.79. The van der Waals surface area contributed by atoms with Gasteiger partial charge in [0, 0.05) is 6.20 Å². The van der Waals surface area contributed by atoms with Gasteiger partial charge in [-0.2, -0.15) is 0 Å². The van der Waals surface area contributed by atoms with Crippen LogP contribution in [0.5, 0.6) is 0 Å². The Morgan fingerprint density at radius 2 is 2.19 bits per heavy atom. The molecule has 0 aliphatic heterocycles. The van der Waals surface area contributed by atoms with Crippen LogP contribution in [-0.4, -0.2) is 21.6 Å². The molecule has 1 amide bonds. The molecule has 4 nitrogen and oxygen atoms in total. The number of nitrogens with one attached hydrogen (secondary N) is 1. The zero-order valence-corrected chi connectivity index (χ0v) is 9.15. The van der Waals surface area contributed by atoms with Crippen molar-refractivity contribution in [3.63, 3.8) is 0 Å². The standard InChI is InChI=1S/C12H16N2O2/c15-11(9-12(16)6-2-3-7-12)14-10-5-1-4-8-13-10/h1,4-5,8,16H,2-3,6-7,9H2,(H,13,14,15). The zero-order chi connectivity index (χ0) is 11.4. The molecule has 1 aromatic rings. The van der Waals surface area contributed by atoms with Crippen molar-refractivity contribution >= 4 is 11.7 Å². The minimum absolute atomic E-state index is 0.164. The highest BCUT2D eigenvalue weighted by molar-refractivity contribution is 5.90. The maximum atomic E-state index is 11.7. The molecule has 2 rings (SSSR count). The maximum Gasteiger partial charge on any atom is 0.228 e. The van der Waals surface area contributed by atoms with Crippen LogP contribution in [0.2, 0.25) is 0 Å². The van der Waals surface area contributed by atoms with E-state index in [1.165, 1.54) is 0 Å². The van der Waals surface area contributed by atoms with Crippen LogP contribution in [0.1, 0.15) is 32.1 Å². The molecule has 1 fully saturated rings. The summed E-state index contributed by atoms with van der Waals surface area (Å²) in [5.41, 5.74) is -0.793. The summed E-state index contributed by atoms with van der Waals surface area (Å²) in [6.45, 7) is 0. The second-order valence-corrected chi connectivity index (χ2v) is 4.37. The Hall–Kier alpha value is -1.42. The van der Waals surface area contributed by atoms with E-state index in [-0.39, 0.29) is 12.3 Å². The van der Waals surface area contributed by atoms with Crippen molar-refractivity contribution in [2.24, 2.45) is 0 Å². The van der Waals surface area contributed by atoms with E-state index in [0.717, 1.165) is 25.7 Å². The van der Waals surface area contributed by atoms with Crippen molar-refractivity contribution in [2.75, 3.05) is 5.32 Å². The topological polar surface area (TPSA) is 62.2 Å². The summed E-state index contributed by atoms with van der Waals surface area (Å²) >= 11 is 0. The number of carbonyl (C=O) groups excluding carboxylic acids is 1. The Labute approximate surface area is 94.7 Å². The Morgan fingerprint density at radius 1 is 1.44 bits per heavy atom. The van der Waals surface area contributed by atoms with Crippen LogP contribution in [0, 0.1) is 0 Å². The first kappa shape index (κ1) is 11.1. The number of carbonyl (C=O) groups is 1. The number of amides is 1. The summed E-state index contributed by atoms with van der Waals surface area (Å²) < 4.78 is 0. The van der Waals surface area contributed by atoms with Gasteiger partial charge >= 0.3 is 0 Å². The van der Waals surface area contributed by atoms with E-state index in [1.807, 2.05) is 6.07 Å². The molecule has 0 atom stereocenters. The van der Waals surface area contributed by atoms with Gasteiger partial charge in [-0.1, -0.05) is 18.9 Å². The third-order valence-electron chi connectivity index (χ3n) is 2.96. The molecule has 1 aliphatic carbocycles. The Bertz CT molecular complexity index is 359. The fourth-order valence-electron chi connectivity index (χ4n) is 2.13. The Kier molecular flexibility index (Phi) is 3.19. The van der Waals surface area contributed by atoms with Crippen molar-refractivity contribution in [3.8, 4) is 0 Å². The zero-order valence-electron chi connectivity index (χ0n) is 9.15. The fourth-order valence-corrected chi connectivity index (χ4v) is 2.13. The van der Waals surface area contributed by atoms with Crippen LogP contribution in [-0.2, 0) is 4.79 Å². The minimum atomic E-state index is -0.793. The lowest BCUT2D eigenvalue weighted by Gasteiger charge is -2.20. The molecular formula is C12H16N2O2. The molecule has 1 aromatic heterocycles. The van der Waals surface area contributed by atoms with Gasteiger partial charge in [0.25, 0.3) is 0 Å². The summed E-state index contributed by atoms with van der Waals surface area (Å²) in [4.78, 5) is 15.7. The molecule has 0 aromatic carbocycles. The quantitative estimate of drug-likeness (QED) is 0.815. The van der Waals surface area contributed by atoms with Gasteiger partial charge in [-0.25, -0.2) is 4.98 Å². The van der Waals surface area contributed by atoms with Gasteiger partial charge < -0.3 is 10.4 Å². The number of aliphatic hydroxyl groups is 1. The number of aromatic nitrogens is 1. The first-order chi connectivity index (χ1) is 7.68. The van der Waals surface area contributed by atoms with Crippen molar-refractivity contribution in [2.45, 2.75) is 37.7 Å². The highest BCUT2D eigenvalue weighted by Gasteiger charge is 2.33. The number of anilines is 1. The molecule has 1 heterocycles. The van der Waals surface area contributed by atoms with Crippen molar-refractivity contribution in [3.05, 3.63) is 24.4 Å². The molecule has 1 saturated carbocycles. The van der Waals surface area contributed by atoms with Crippen molar-refractivity contribution in [1.29, 1.82) is 0 Å². The van der Waals surface area contributed by atoms with Crippen LogP contribution in [0.3, 0.4) is 0 Å². The molecule has 4 heteroatoms. The number of pyridine rings is 1. The van der Waals surface area contributed by atoms with Crippen LogP contribution in [0.25, 0.3) is 0 Å². The Morgan fingerprint density at radius 3 is 2.81 bits per heavy atom. The highest BCUT2D eigenvalue weighted by atomic mass is 16.3. The molecule has 0 spiro atoms. The smallest absolute Gasteiger partial charge is 0.228 e. The largest absolute Gasteiger partial charge is 0.389 e. The fraction of sp³-hybridized carbons (Fsp3) is 0.500. The van der Waals surface area contributed by atoms with Crippen LogP contribution < -0.4 is 5.32 Å². The van der Waals surface area contributed by atoms with Gasteiger partial charge in [-0.3, -0.25) is 4.79 Å². The molecule has 16 heavy (non-hydrogen) atoms. The lowest BCUT2D eigenvalue weighted by atomic mass is 9.98. The van der Waals surface area contributed by atoms with Gasteiger partial charge in [0.1, 0.15) is 5.82 Å². The maximum absolute atomic E-state index is 11.7. The predicted molar refractivity (Wildman–Crippen MR) is 60.9 cm³/mol. The number of hydrogen-bond acceptors (Lipinski definition) is 3. The summed E-state index contributed by atoms with van der Waals surface area (Å²) in [7, 11) is 0. The summed E-state index contributed by atoms with van der Waals surface area (Å²) in [5.74, 6) is 0.372. The van der Waals surface area contributed by atoms with E-state index < -0.39 is 5.60 Å². The number of nitrogens with zero attached hydrogens (tertiary/aromatic N) is 1. The predicted octanol–water partition coefficient (Wildman–Crippen LogP) is 1.72. The normalized spacial score (nSPS) is 18.3. The molecule has 1 aliphatic rings. The second kappa shape index (κ2) is 4.61. The van der Waals surface area contributed by atoms with E-state index >= 15 is 0 Å². The SMILES string of the molecule is O=C(CC1(O)CCCC1)Nc1ccccn1. The first-order valence-electron chi connectivity index (χ1n) is 5.61. The van der Waals surface area contributed by atoms with E-state index in [2.05, 4.69) is 10.3 Å². The van der Waals surface area contributed by atoms with E-state index in [0.29, 0.717) is 5.82 Å². The Balaban J connectivity index is 1.89. The average Bonchev–Trinajstić information content (AvgIpc) is 2.66. The van der Waals surface area contributed by atoms with Gasteiger partial charge in [-0.05, 0) is 25.0 Å². The average molecular weight is 220 g/mol. The molecule has 0 unspecified atom stereocenters. The third-order valence-corrected chi connectivity index (χ3v) is 2.96. The van der Waals surface area contributed by atoms with Gasteiger partial charge in [0.2, 0.25) is 5.91 Å². The summed E-state index contributed by atoms with van der Waals surface area (Å²) in [6.07, 6.45) is 5.26. The molecule has 2 N–H and O–H groups in total. The monoisotopic (exact) mass is 220 g/mol. The molecular weight excluding hydrogens is 204 g/mol. The molecule has 0 bridgehead atoms. The minimum Gasteiger partial charge on any atom is -0.389 e. The van der Waals surface area contributed by atoms with Crippen LogP contribution in [0.4, 0.5) is 5.82 Å². The van der Waals surface area contributed by atoms with Gasteiger partial charge in [0.05, 0.1) is 12.0 Å². The van der Waals surface area contributed by atoms with E-state index in [9.17, 15) is 9.90 Å². The number of hydrogen-bond donors (Lipinski definition) is 2. The van der Waals surface area contributed by atoms with Crippen molar-refractivity contribution < 1.29 is 9.90 Å². The van der Waals surface area contributed by atoms with Crippen LogP contribution in [0.15, 0.2) is 24.4 Å². The van der Waals surface area contributed by atoms with Crippen LogP contribution >= 0.6 is 0 Å². The molecule has 0 saturated heterocycles. The van der Waals surface area contributed by atoms with Crippen molar-refractivity contribution in [1.82, 2.24) is 4.98 Å². The first-order valence-corrected chi connectivity index (χ1v) is 5.61. The number of rotatable bonds is 3. The summed E-state index contributed by atoms with van der Waals surface area (Å²) in [6, 6.07) is 5.34. The lowest BCUT2D eigenvalue weighted by molar-refractivity contribution is -0.120. The van der Waals surface area contributed by atoms with E-state index in [1.54, 1.807) is 18.3 Å². The molecule has 0 radical (unpaired) electrons. The summed E-state index contributed by atoms with van der Waals surface area (Å²) in [5, 5.41) is 12.7. The lowest BCUT2D eigenvalue weighted by Crippen LogP contribution is -2.30. The van der Waals surface area contributed by atoms with Gasteiger partial charge in [-0.15, -0.1) is 0 Å². The van der Waals surface area contributed by atoms with E-state index in [4.69, 9.17) is 0 Å². The second-order valence-electron chi connectivity index (χ2n) is 4.37.